The number of halogens is 1. The van der Waals surface area contributed by atoms with Crippen LogP contribution in [0.3, 0.4) is 0 Å². The molecule has 0 amide bonds. The van der Waals surface area contributed by atoms with Gasteiger partial charge < -0.3 is 9.64 Å². The van der Waals surface area contributed by atoms with Crippen molar-refractivity contribution in [2.75, 3.05) is 13.1 Å². The predicted molar refractivity (Wildman–Crippen MR) is 80.3 cm³/mol. The van der Waals surface area contributed by atoms with E-state index in [0.717, 1.165) is 23.1 Å². The number of aliphatic imine (C=N–C) groups is 1. The third kappa shape index (κ3) is 2.77. The molecule has 0 aliphatic carbocycles. The summed E-state index contributed by atoms with van der Waals surface area (Å²) in [5.41, 5.74) is 1.18. The van der Waals surface area contributed by atoms with Gasteiger partial charge in [-0.25, -0.2) is 9.79 Å². The van der Waals surface area contributed by atoms with Gasteiger partial charge in [0, 0.05) is 23.8 Å². The first kappa shape index (κ1) is 13.4. The highest BCUT2D eigenvalue weighted by atomic mass is 79.9. The van der Waals surface area contributed by atoms with Gasteiger partial charge >= 0.3 is 5.97 Å². The topological polar surface area (TPSA) is 41.9 Å². The van der Waals surface area contributed by atoms with Gasteiger partial charge in [-0.2, -0.15) is 0 Å². The maximum absolute atomic E-state index is 11.9. The van der Waals surface area contributed by atoms with Crippen molar-refractivity contribution in [1.82, 2.24) is 4.90 Å². The highest BCUT2D eigenvalue weighted by Gasteiger charge is 2.26. The van der Waals surface area contributed by atoms with Crippen LogP contribution in [0.4, 0.5) is 0 Å². The molecule has 0 unspecified atom stereocenters. The standard InChI is InChI=1S/C15H15BrN2O2/c16-12-7-3-2-6-11(12)14-17-13(15(19)20-14)10-18-8-4-1-5-9-18/h2-3,6-7,10H,1,4-5,8-9H2/b13-10-. The van der Waals surface area contributed by atoms with Crippen LogP contribution < -0.4 is 0 Å². The lowest BCUT2D eigenvalue weighted by Crippen LogP contribution is -2.25. The normalized spacial score (nSPS) is 21.1. The van der Waals surface area contributed by atoms with E-state index in [2.05, 4.69) is 25.8 Å². The number of piperidine rings is 1. The molecule has 0 atom stereocenters. The predicted octanol–water partition coefficient (Wildman–Crippen LogP) is 3.08. The van der Waals surface area contributed by atoms with Gasteiger partial charge in [-0.3, -0.25) is 0 Å². The minimum atomic E-state index is -0.374. The van der Waals surface area contributed by atoms with Gasteiger partial charge in [0.05, 0.1) is 5.56 Å². The van der Waals surface area contributed by atoms with Crippen molar-refractivity contribution in [2.45, 2.75) is 19.3 Å². The highest BCUT2D eigenvalue weighted by Crippen LogP contribution is 2.23. The Morgan fingerprint density at radius 3 is 2.70 bits per heavy atom. The summed E-state index contributed by atoms with van der Waals surface area (Å²) in [5.74, 6) is -0.00735. The Morgan fingerprint density at radius 1 is 1.20 bits per heavy atom. The van der Waals surface area contributed by atoms with Gasteiger partial charge in [0.2, 0.25) is 5.90 Å². The Labute approximate surface area is 126 Å². The van der Waals surface area contributed by atoms with E-state index >= 15 is 0 Å². The maximum atomic E-state index is 11.9. The van der Waals surface area contributed by atoms with Crippen LogP contribution in [-0.2, 0) is 9.53 Å². The van der Waals surface area contributed by atoms with E-state index in [9.17, 15) is 4.79 Å². The van der Waals surface area contributed by atoms with Crippen LogP contribution in [0.1, 0.15) is 24.8 Å². The molecule has 4 nitrogen and oxygen atoms in total. The molecule has 1 fully saturated rings. The van der Waals surface area contributed by atoms with Gasteiger partial charge in [-0.1, -0.05) is 12.1 Å². The minimum Gasteiger partial charge on any atom is -0.402 e. The van der Waals surface area contributed by atoms with Gasteiger partial charge in [-0.05, 0) is 47.3 Å². The van der Waals surface area contributed by atoms with Crippen LogP contribution in [0.15, 0.2) is 45.6 Å². The number of hydrogen-bond donors (Lipinski definition) is 0. The van der Waals surface area contributed by atoms with Gasteiger partial charge in [0.15, 0.2) is 5.70 Å². The number of esters is 1. The third-order valence-electron chi connectivity index (χ3n) is 3.42. The zero-order chi connectivity index (χ0) is 13.9. The number of likely N-dealkylation sites (tertiary alicyclic amines) is 1. The van der Waals surface area contributed by atoms with Crippen LogP contribution in [0.2, 0.25) is 0 Å². The summed E-state index contributed by atoms with van der Waals surface area (Å²) in [6.45, 7) is 1.97. The van der Waals surface area contributed by atoms with E-state index in [1.165, 1.54) is 19.3 Å². The van der Waals surface area contributed by atoms with Crippen LogP contribution in [0.25, 0.3) is 0 Å². The fraction of sp³-hybridized carbons (Fsp3) is 0.333. The number of benzene rings is 1. The van der Waals surface area contributed by atoms with Gasteiger partial charge in [0.1, 0.15) is 0 Å². The fourth-order valence-corrected chi connectivity index (χ4v) is 2.82. The summed E-state index contributed by atoms with van der Waals surface area (Å²) in [4.78, 5) is 18.4. The molecule has 1 saturated heterocycles. The molecule has 3 rings (SSSR count). The van der Waals surface area contributed by atoms with Crippen molar-refractivity contribution in [3.05, 3.63) is 46.2 Å². The maximum Gasteiger partial charge on any atom is 0.365 e. The van der Waals surface area contributed by atoms with Crippen molar-refractivity contribution in [1.29, 1.82) is 0 Å². The van der Waals surface area contributed by atoms with Crippen molar-refractivity contribution in [2.24, 2.45) is 4.99 Å². The second kappa shape index (κ2) is 5.79. The lowest BCUT2D eigenvalue weighted by atomic mass is 10.1. The summed E-state index contributed by atoms with van der Waals surface area (Å²) in [5, 5.41) is 0. The van der Waals surface area contributed by atoms with E-state index < -0.39 is 0 Å². The zero-order valence-electron chi connectivity index (χ0n) is 11.0. The number of carbonyl (C=O) groups is 1. The Bertz CT molecular complexity index is 589. The molecular formula is C15H15BrN2O2. The van der Waals surface area contributed by atoms with Crippen molar-refractivity contribution < 1.29 is 9.53 Å². The number of rotatable bonds is 2. The highest BCUT2D eigenvalue weighted by molar-refractivity contribution is 9.10. The first-order valence-corrected chi connectivity index (χ1v) is 7.55. The zero-order valence-corrected chi connectivity index (χ0v) is 12.6. The molecule has 0 N–H and O–H groups in total. The second-order valence-electron chi connectivity index (χ2n) is 4.90. The Balaban J connectivity index is 1.85. The van der Waals surface area contributed by atoms with E-state index in [4.69, 9.17) is 4.74 Å². The summed E-state index contributed by atoms with van der Waals surface area (Å²) >= 11 is 3.44. The number of cyclic esters (lactones) is 1. The van der Waals surface area contributed by atoms with Crippen molar-refractivity contribution in [3.8, 4) is 0 Å². The molecule has 5 heteroatoms. The number of ether oxygens (including phenoxy) is 1. The molecule has 2 aliphatic heterocycles. The van der Waals surface area contributed by atoms with Gasteiger partial charge in [0.25, 0.3) is 0 Å². The molecule has 0 radical (unpaired) electrons. The van der Waals surface area contributed by atoms with E-state index in [0.29, 0.717) is 11.6 Å². The summed E-state index contributed by atoms with van der Waals surface area (Å²) in [6, 6.07) is 7.58. The third-order valence-corrected chi connectivity index (χ3v) is 4.11. The lowest BCUT2D eigenvalue weighted by molar-refractivity contribution is -0.130. The molecule has 0 aromatic heterocycles. The van der Waals surface area contributed by atoms with Crippen molar-refractivity contribution in [3.63, 3.8) is 0 Å². The summed E-state index contributed by atoms with van der Waals surface area (Å²) in [6.07, 6.45) is 5.42. The Morgan fingerprint density at radius 2 is 1.95 bits per heavy atom. The molecule has 2 aliphatic rings. The minimum absolute atomic E-state index is 0.366. The number of nitrogens with zero attached hydrogens (tertiary/aromatic N) is 2. The second-order valence-corrected chi connectivity index (χ2v) is 5.75. The largest absolute Gasteiger partial charge is 0.402 e. The molecular weight excluding hydrogens is 320 g/mol. The average molecular weight is 335 g/mol. The monoisotopic (exact) mass is 334 g/mol. The van der Waals surface area contributed by atoms with Crippen LogP contribution in [-0.4, -0.2) is 29.9 Å². The van der Waals surface area contributed by atoms with Crippen LogP contribution >= 0.6 is 15.9 Å². The fourth-order valence-electron chi connectivity index (χ4n) is 2.37. The molecule has 1 aromatic rings. The summed E-state index contributed by atoms with van der Waals surface area (Å²) in [7, 11) is 0. The molecule has 0 bridgehead atoms. The number of hydrogen-bond acceptors (Lipinski definition) is 4. The van der Waals surface area contributed by atoms with E-state index in [-0.39, 0.29) is 5.97 Å². The van der Waals surface area contributed by atoms with Gasteiger partial charge in [-0.15, -0.1) is 0 Å². The molecule has 1 aromatic carbocycles. The quantitative estimate of drug-likeness (QED) is 0.616. The van der Waals surface area contributed by atoms with E-state index in [1.807, 2.05) is 30.5 Å². The van der Waals surface area contributed by atoms with E-state index in [1.54, 1.807) is 0 Å². The van der Waals surface area contributed by atoms with Crippen LogP contribution in [0.5, 0.6) is 0 Å². The first-order valence-electron chi connectivity index (χ1n) is 6.76. The molecule has 0 spiro atoms. The smallest absolute Gasteiger partial charge is 0.365 e. The SMILES string of the molecule is O=C1OC(c2ccccc2Br)=N/C1=C\N1CCCCC1. The van der Waals surface area contributed by atoms with Crippen LogP contribution in [0, 0.1) is 0 Å². The molecule has 0 saturated carbocycles. The molecule has 104 valence electrons. The first-order chi connectivity index (χ1) is 9.74. The number of carbonyl (C=O) groups excluding carboxylic acids is 1. The molecule has 2 heterocycles. The summed E-state index contributed by atoms with van der Waals surface area (Å²) < 4.78 is 6.13. The Kier molecular flexibility index (Phi) is 3.87. The molecule has 20 heavy (non-hydrogen) atoms. The Hall–Kier alpha value is -1.62. The lowest BCUT2D eigenvalue weighted by Gasteiger charge is -2.24. The van der Waals surface area contributed by atoms with Crippen molar-refractivity contribution >= 4 is 27.8 Å². The average Bonchev–Trinajstić information content (AvgIpc) is 2.81.